The SMILES string of the molecule is CC(C)n1c(-c2cnc(-c3ccccc3)s2)n[nH]c1=S. The number of H-pyrrole nitrogens is 1. The highest BCUT2D eigenvalue weighted by molar-refractivity contribution is 7.71. The van der Waals surface area contributed by atoms with Crippen LogP contribution in [0, 0.1) is 4.77 Å². The molecule has 4 nitrogen and oxygen atoms in total. The number of hydrogen-bond donors (Lipinski definition) is 1. The van der Waals surface area contributed by atoms with E-state index in [0.717, 1.165) is 21.3 Å². The Balaban J connectivity index is 2.05. The van der Waals surface area contributed by atoms with Crippen molar-refractivity contribution in [3.63, 3.8) is 0 Å². The molecule has 0 fully saturated rings. The maximum atomic E-state index is 5.28. The number of benzene rings is 1. The Labute approximate surface area is 126 Å². The van der Waals surface area contributed by atoms with Gasteiger partial charge in [0.1, 0.15) is 5.01 Å². The number of aromatic amines is 1. The maximum Gasteiger partial charge on any atom is 0.195 e. The van der Waals surface area contributed by atoms with Crippen molar-refractivity contribution >= 4 is 23.6 Å². The van der Waals surface area contributed by atoms with Crippen LogP contribution >= 0.6 is 23.6 Å². The van der Waals surface area contributed by atoms with Crippen molar-refractivity contribution in [2.24, 2.45) is 0 Å². The van der Waals surface area contributed by atoms with Gasteiger partial charge in [-0.05, 0) is 26.1 Å². The van der Waals surface area contributed by atoms with Crippen LogP contribution in [0.4, 0.5) is 0 Å². The zero-order chi connectivity index (χ0) is 14.1. The largest absolute Gasteiger partial charge is 0.297 e. The van der Waals surface area contributed by atoms with Crippen molar-refractivity contribution in [3.8, 4) is 21.3 Å². The molecule has 0 bridgehead atoms. The van der Waals surface area contributed by atoms with E-state index in [9.17, 15) is 0 Å². The number of nitrogens with one attached hydrogen (secondary N) is 1. The van der Waals surface area contributed by atoms with E-state index in [2.05, 4.69) is 41.2 Å². The highest BCUT2D eigenvalue weighted by Crippen LogP contribution is 2.31. The monoisotopic (exact) mass is 302 g/mol. The van der Waals surface area contributed by atoms with E-state index in [1.807, 2.05) is 29.0 Å². The van der Waals surface area contributed by atoms with Crippen LogP contribution < -0.4 is 0 Å². The molecule has 0 spiro atoms. The van der Waals surface area contributed by atoms with Crippen molar-refractivity contribution in [3.05, 3.63) is 41.3 Å². The molecule has 3 rings (SSSR count). The Bertz CT molecular complexity index is 768. The number of aromatic nitrogens is 4. The summed E-state index contributed by atoms with van der Waals surface area (Å²) in [4.78, 5) is 5.51. The van der Waals surface area contributed by atoms with E-state index in [4.69, 9.17) is 12.2 Å². The summed E-state index contributed by atoms with van der Waals surface area (Å²) < 4.78 is 2.65. The van der Waals surface area contributed by atoms with E-state index in [1.165, 1.54) is 0 Å². The highest BCUT2D eigenvalue weighted by atomic mass is 32.1. The predicted octanol–water partition coefficient (Wildman–Crippen LogP) is 4.31. The summed E-state index contributed by atoms with van der Waals surface area (Å²) in [5.41, 5.74) is 1.12. The van der Waals surface area contributed by atoms with Gasteiger partial charge in [0.05, 0.1) is 4.88 Å². The lowest BCUT2D eigenvalue weighted by molar-refractivity contribution is 0.597. The second kappa shape index (κ2) is 5.30. The zero-order valence-corrected chi connectivity index (χ0v) is 12.8. The van der Waals surface area contributed by atoms with Gasteiger partial charge in [-0.1, -0.05) is 30.3 Å². The minimum Gasteiger partial charge on any atom is -0.297 e. The van der Waals surface area contributed by atoms with Crippen LogP contribution in [0.15, 0.2) is 36.5 Å². The molecule has 0 atom stereocenters. The van der Waals surface area contributed by atoms with Crippen LogP contribution in [-0.2, 0) is 0 Å². The second-order valence-corrected chi connectivity index (χ2v) is 6.13. The average Bonchev–Trinajstić information content (AvgIpc) is 3.05. The Morgan fingerprint density at radius 1 is 1.25 bits per heavy atom. The normalized spacial score (nSPS) is 11.2. The van der Waals surface area contributed by atoms with E-state index < -0.39 is 0 Å². The number of hydrogen-bond acceptors (Lipinski definition) is 4. The number of thiazole rings is 1. The van der Waals surface area contributed by atoms with Gasteiger partial charge in [-0.15, -0.1) is 11.3 Å². The van der Waals surface area contributed by atoms with E-state index in [-0.39, 0.29) is 6.04 Å². The first-order chi connectivity index (χ1) is 9.66. The molecule has 0 aliphatic carbocycles. The van der Waals surface area contributed by atoms with E-state index in [1.54, 1.807) is 11.3 Å². The Morgan fingerprint density at radius 3 is 2.70 bits per heavy atom. The van der Waals surface area contributed by atoms with Crippen molar-refractivity contribution in [1.82, 2.24) is 19.7 Å². The van der Waals surface area contributed by atoms with Crippen LogP contribution in [0.2, 0.25) is 0 Å². The van der Waals surface area contributed by atoms with Crippen LogP contribution in [0.1, 0.15) is 19.9 Å². The lowest BCUT2D eigenvalue weighted by atomic mass is 10.2. The number of nitrogens with zero attached hydrogens (tertiary/aromatic N) is 3. The molecule has 0 saturated carbocycles. The molecule has 102 valence electrons. The van der Waals surface area contributed by atoms with E-state index in [0.29, 0.717) is 4.77 Å². The zero-order valence-electron chi connectivity index (χ0n) is 11.2. The third kappa shape index (κ3) is 2.32. The van der Waals surface area contributed by atoms with E-state index >= 15 is 0 Å². The smallest absolute Gasteiger partial charge is 0.195 e. The summed E-state index contributed by atoms with van der Waals surface area (Å²) >= 11 is 6.90. The minimum absolute atomic E-state index is 0.263. The fraction of sp³-hybridized carbons (Fsp3) is 0.214. The lowest BCUT2D eigenvalue weighted by Gasteiger charge is -2.08. The van der Waals surface area contributed by atoms with Gasteiger partial charge in [0, 0.05) is 17.8 Å². The van der Waals surface area contributed by atoms with Gasteiger partial charge in [0.15, 0.2) is 10.6 Å². The lowest BCUT2D eigenvalue weighted by Crippen LogP contribution is -2.02. The third-order valence-electron chi connectivity index (χ3n) is 2.97. The first kappa shape index (κ1) is 13.2. The summed E-state index contributed by atoms with van der Waals surface area (Å²) in [5, 5.41) is 8.18. The van der Waals surface area contributed by atoms with Gasteiger partial charge in [0.2, 0.25) is 0 Å². The van der Waals surface area contributed by atoms with Crippen LogP contribution in [0.5, 0.6) is 0 Å². The summed E-state index contributed by atoms with van der Waals surface area (Å²) in [6.45, 7) is 4.18. The number of rotatable bonds is 3. The summed E-state index contributed by atoms with van der Waals surface area (Å²) in [5.74, 6) is 0.852. The van der Waals surface area contributed by atoms with Crippen LogP contribution in [0.25, 0.3) is 21.3 Å². The molecule has 1 aromatic carbocycles. The van der Waals surface area contributed by atoms with Crippen molar-refractivity contribution in [2.75, 3.05) is 0 Å². The first-order valence-corrected chi connectivity index (χ1v) is 7.58. The molecule has 0 radical (unpaired) electrons. The predicted molar refractivity (Wildman–Crippen MR) is 84.3 cm³/mol. The van der Waals surface area contributed by atoms with Gasteiger partial charge < -0.3 is 0 Å². The minimum atomic E-state index is 0.263. The molecule has 6 heteroatoms. The van der Waals surface area contributed by atoms with Gasteiger partial charge in [-0.25, -0.2) is 4.98 Å². The van der Waals surface area contributed by atoms with Crippen molar-refractivity contribution in [2.45, 2.75) is 19.9 Å². The summed E-state index contributed by atoms with van der Waals surface area (Å²) in [6.07, 6.45) is 1.86. The van der Waals surface area contributed by atoms with Crippen LogP contribution in [-0.4, -0.2) is 19.7 Å². The fourth-order valence-electron chi connectivity index (χ4n) is 2.05. The van der Waals surface area contributed by atoms with Crippen LogP contribution in [0.3, 0.4) is 0 Å². The average molecular weight is 302 g/mol. The molecule has 0 amide bonds. The quantitative estimate of drug-likeness (QED) is 0.733. The van der Waals surface area contributed by atoms with Crippen molar-refractivity contribution < 1.29 is 0 Å². The third-order valence-corrected chi connectivity index (χ3v) is 4.30. The molecule has 2 heterocycles. The molecule has 2 aromatic heterocycles. The topological polar surface area (TPSA) is 46.5 Å². The summed E-state index contributed by atoms with van der Waals surface area (Å²) in [7, 11) is 0. The van der Waals surface area contributed by atoms with Gasteiger partial charge in [0.25, 0.3) is 0 Å². The summed E-state index contributed by atoms with van der Waals surface area (Å²) in [6, 6.07) is 10.4. The molecule has 0 saturated heterocycles. The van der Waals surface area contributed by atoms with Gasteiger partial charge in [-0.3, -0.25) is 9.67 Å². The molecular formula is C14H14N4S2. The maximum absolute atomic E-state index is 5.28. The molecule has 20 heavy (non-hydrogen) atoms. The molecule has 1 N–H and O–H groups in total. The molecule has 0 unspecified atom stereocenters. The Kier molecular flexibility index (Phi) is 3.50. The van der Waals surface area contributed by atoms with Gasteiger partial charge >= 0.3 is 0 Å². The molecular weight excluding hydrogens is 288 g/mol. The van der Waals surface area contributed by atoms with Gasteiger partial charge in [-0.2, -0.15) is 5.10 Å². The second-order valence-electron chi connectivity index (χ2n) is 4.71. The Morgan fingerprint density at radius 2 is 2.00 bits per heavy atom. The highest BCUT2D eigenvalue weighted by Gasteiger charge is 2.14. The Hall–Kier alpha value is -1.79. The van der Waals surface area contributed by atoms with Crippen molar-refractivity contribution in [1.29, 1.82) is 0 Å². The molecule has 3 aromatic rings. The fourth-order valence-corrected chi connectivity index (χ4v) is 3.30. The molecule has 0 aliphatic rings. The first-order valence-electron chi connectivity index (χ1n) is 6.35. The molecule has 0 aliphatic heterocycles. The standard InChI is InChI=1S/C14H14N4S2/c1-9(2)18-12(16-17-14(18)19)11-8-15-13(20-11)10-6-4-3-5-7-10/h3-9H,1-2H3,(H,17,19).